The number of halogens is 3. The van der Waals surface area contributed by atoms with E-state index in [1.165, 1.54) is 31.5 Å². The van der Waals surface area contributed by atoms with Crippen LogP contribution in [0.3, 0.4) is 0 Å². The van der Waals surface area contributed by atoms with Crippen molar-refractivity contribution >= 4 is 34.0 Å². The normalized spacial score (nSPS) is 10.8. The molecule has 0 bridgehead atoms. The molecule has 0 aliphatic rings. The summed E-state index contributed by atoms with van der Waals surface area (Å²) in [4.78, 5) is 16.9. The molecule has 2 heterocycles. The Morgan fingerprint density at radius 2 is 2.11 bits per heavy atom. The monoisotopic (exact) mass is 426 g/mol. The average Bonchev–Trinajstić information content (AvgIpc) is 3.08. The van der Waals surface area contributed by atoms with E-state index in [0.717, 1.165) is 11.3 Å². The van der Waals surface area contributed by atoms with Crippen molar-refractivity contribution in [3.8, 4) is 22.1 Å². The third-order valence-corrected chi connectivity index (χ3v) is 4.66. The van der Waals surface area contributed by atoms with Crippen molar-refractivity contribution < 1.29 is 23.0 Å². The second-order valence-corrected chi connectivity index (χ2v) is 6.74. The Balaban J connectivity index is 2.06. The van der Waals surface area contributed by atoms with Gasteiger partial charge in [0.25, 0.3) is 11.1 Å². The molecule has 3 rings (SSSR count). The number of ether oxygens (including phenoxy) is 2. The Labute approximate surface area is 167 Å². The molecule has 0 saturated heterocycles. The number of carbonyl (C=O) groups excluding carboxylic acids is 1. The van der Waals surface area contributed by atoms with Crippen LogP contribution in [0, 0.1) is 6.92 Å². The number of aryl methyl sites for hydroxylation is 1. The minimum absolute atomic E-state index is 0.104. The number of pyridine rings is 1. The molecule has 0 aliphatic carbocycles. The molecule has 1 aromatic carbocycles. The highest BCUT2D eigenvalue weighted by molar-refractivity contribution is 7.17. The SMILES string of the molecule is COc1nnc(NC(=O)c2cnc(C)cc2-c2c(Cl)cccc2OC(F)F)s1. The minimum atomic E-state index is -3.05. The number of hydrogen-bond donors (Lipinski definition) is 1. The molecule has 0 aliphatic heterocycles. The lowest BCUT2D eigenvalue weighted by atomic mass is 9.99. The van der Waals surface area contributed by atoms with Crippen molar-refractivity contribution in [2.75, 3.05) is 12.4 Å². The molecule has 0 unspecified atom stereocenters. The van der Waals surface area contributed by atoms with E-state index in [4.69, 9.17) is 16.3 Å². The van der Waals surface area contributed by atoms with Gasteiger partial charge in [0.2, 0.25) is 5.13 Å². The summed E-state index contributed by atoms with van der Waals surface area (Å²) in [6, 6.07) is 5.91. The van der Waals surface area contributed by atoms with Crippen LogP contribution in [0.1, 0.15) is 16.1 Å². The van der Waals surface area contributed by atoms with Gasteiger partial charge in [0.1, 0.15) is 5.75 Å². The molecule has 1 amide bonds. The molecule has 28 heavy (non-hydrogen) atoms. The summed E-state index contributed by atoms with van der Waals surface area (Å²) in [6.07, 6.45) is 1.33. The smallest absolute Gasteiger partial charge is 0.387 e. The van der Waals surface area contributed by atoms with Crippen LogP contribution in [-0.4, -0.2) is 34.8 Å². The second kappa shape index (κ2) is 8.44. The van der Waals surface area contributed by atoms with Crippen LogP contribution in [0.4, 0.5) is 13.9 Å². The fourth-order valence-electron chi connectivity index (χ4n) is 2.41. The van der Waals surface area contributed by atoms with Crippen molar-refractivity contribution in [3.05, 3.63) is 46.7 Å². The molecule has 1 N–H and O–H groups in total. The highest BCUT2D eigenvalue weighted by Gasteiger charge is 2.22. The van der Waals surface area contributed by atoms with Gasteiger partial charge in [-0.25, -0.2) is 0 Å². The maximum atomic E-state index is 12.8. The number of benzene rings is 1. The van der Waals surface area contributed by atoms with Crippen molar-refractivity contribution in [1.82, 2.24) is 15.2 Å². The van der Waals surface area contributed by atoms with Gasteiger partial charge < -0.3 is 9.47 Å². The van der Waals surface area contributed by atoms with E-state index in [1.54, 1.807) is 13.0 Å². The third-order valence-electron chi connectivity index (χ3n) is 3.55. The Kier molecular flexibility index (Phi) is 6.00. The number of alkyl halides is 2. The number of methoxy groups -OCH3 is 1. The Hall–Kier alpha value is -2.85. The van der Waals surface area contributed by atoms with E-state index in [9.17, 15) is 13.6 Å². The fourth-order valence-corrected chi connectivity index (χ4v) is 3.24. The molecule has 146 valence electrons. The number of amides is 1. The number of anilines is 1. The maximum absolute atomic E-state index is 12.8. The lowest BCUT2D eigenvalue weighted by Crippen LogP contribution is -2.14. The maximum Gasteiger partial charge on any atom is 0.387 e. The van der Waals surface area contributed by atoms with Gasteiger partial charge in [0, 0.05) is 23.0 Å². The molecule has 0 fully saturated rings. The number of rotatable bonds is 6. The predicted molar refractivity (Wildman–Crippen MR) is 100 cm³/mol. The molecule has 0 radical (unpaired) electrons. The number of nitrogens with one attached hydrogen (secondary N) is 1. The van der Waals surface area contributed by atoms with E-state index in [0.29, 0.717) is 11.3 Å². The first-order valence-electron chi connectivity index (χ1n) is 7.78. The van der Waals surface area contributed by atoms with Crippen LogP contribution in [0.5, 0.6) is 10.9 Å². The predicted octanol–water partition coefficient (Wildman–Crippen LogP) is 4.42. The van der Waals surface area contributed by atoms with Gasteiger partial charge in [-0.15, -0.1) is 5.10 Å². The van der Waals surface area contributed by atoms with E-state index in [2.05, 4.69) is 25.2 Å². The Bertz CT molecular complexity index is 1020. The summed E-state index contributed by atoms with van der Waals surface area (Å²) in [5, 5.41) is 10.7. The molecular formula is C17H13ClF2N4O3S. The topological polar surface area (TPSA) is 86.2 Å². The van der Waals surface area contributed by atoms with Crippen LogP contribution in [0.25, 0.3) is 11.1 Å². The minimum Gasteiger partial charge on any atom is -0.472 e. The fraction of sp³-hybridized carbons (Fsp3) is 0.176. The zero-order valence-corrected chi connectivity index (χ0v) is 16.1. The van der Waals surface area contributed by atoms with Gasteiger partial charge in [-0.2, -0.15) is 8.78 Å². The molecule has 3 aromatic rings. The van der Waals surface area contributed by atoms with E-state index in [1.807, 2.05) is 0 Å². The van der Waals surface area contributed by atoms with Crippen LogP contribution in [0.15, 0.2) is 30.5 Å². The third kappa shape index (κ3) is 4.34. The number of hydrogen-bond acceptors (Lipinski definition) is 7. The number of carbonyl (C=O) groups is 1. The summed E-state index contributed by atoms with van der Waals surface area (Å²) in [5.41, 5.74) is 1.12. The first-order chi connectivity index (χ1) is 13.4. The van der Waals surface area contributed by atoms with Crippen molar-refractivity contribution in [3.63, 3.8) is 0 Å². The molecule has 0 atom stereocenters. The van der Waals surface area contributed by atoms with Crippen LogP contribution >= 0.6 is 22.9 Å². The highest BCUT2D eigenvalue weighted by Crippen LogP contribution is 2.39. The highest BCUT2D eigenvalue weighted by atomic mass is 35.5. The van der Waals surface area contributed by atoms with Crippen LogP contribution in [-0.2, 0) is 0 Å². The van der Waals surface area contributed by atoms with E-state index < -0.39 is 12.5 Å². The molecule has 11 heteroatoms. The van der Waals surface area contributed by atoms with Crippen molar-refractivity contribution in [2.24, 2.45) is 0 Å². The van der Waals surface area contributed by atoms with Crippen LogP contribution < -0.4 is 14.8 Å². The van der Waals surface area contributed by atoms with Gasteiger partial charge in [-0.3, -0.25) is 15.1 Å². The Morgan fingerprint density at radius 3 is 2.79 bits per heavy atom. The summed E-state index contributed by atoms with van der Waals surface area (Å²) < 4.78 is 35.2. The molecule has 0 saturated carbocycles. The lowest BCUT2D eigenvalue weighted by Gasteiger charge is -2.15. The van der Waals surface area contributed by atoms with Crippen LogP contribution in [0.2, 0.25) is 5.02 Å². The quantitative estimate of drug-likeness (QED) is 0.627. The summed E-state index contributed by atoms with van der Waals surface area (Å²) in [6.45, 7) is -1.35. The number of aromatic nitrogens is 3. The van der Waals surface area contributed by atoms with Gasteiger partial charge in [0.15, 0.2) is 0 Å². The average molecular weight is 427 g/mol. The second-order valence-electron chi connectivity index (χ2n) is 5.39. The zero-order valence-electron chi connectivity index (χ0n) is 14.6. The summed E-state index contributed by atoms with van der Waals surface area (Å²) >= 11 is 7.27. The van der Waals surface area contributed by atoms with Gasteiger partial charge in [-0.1, -0.05) is 22.8 Å². The number of nitrogens with zero attached hydrogens (tertiary/aromatic N) is 3. The first kappa shape index (κ1) is 19.9. The Morgan fingerprint density at radius 1 is 1.32 bits per heavy atom. The van der Waals surface area contributed by atoms with E-state index in [-0.39, 0.29) is 32.2 Å². The van der Waals surface area contributed by atoms with Crippen molar-refractivity contribution in [2.45, 2.75) is 13.5 Å². The van der Waals surface area contributed by atoms with Gasteiger partial charge in [-0.05, 0) is 36.5 Å². The first-order valence-corrected chi connectivity index (χ1v) is 8.97. The summed E-state index contributed by atoms with van der Waals surface area (Å²) in [5.74, 6) is -0.719. The molecular weight excluding hydrogens is 414 g/mol. The van der Waals surface area contributed by atoms with E-state index >= 15 is 0 Å². The molecule has 2 aromatic heterocycles. The zero-order chi connectivity index (χ0) is 20.3. The largest absolute Gasteiger partial charge is 0.472 e. The van der Waals surface area contributed by atoms with Crippen molar-refractivity contribution in [1.29, 1.82) is 0 Å². The molecule has 7 nitrogen and oxygen atoms in total. The summed E-state index contributed by atoms with van der Waals surface area (Å²) in [7, 11) is 1.43. The lowest BCUT2D eigenvalue weighted by molar-refractivity contribution is -0.0494. The molecule has 0 spiro atoms. The van der Waals surface area contributed by atoms with Gasteiger partial charge >= 0.3 is 6.61 Å². The standard InChI is InChI=1S/C17H13ClF2N4O3S/c1-8-6-9(13-11(18)4-3-5-12(13)27-15(19)20)10(7-21-8)14(25)22-16-23-24-17(26-2)28-16/h3-7,15H,1-2H3,(H,22,23,25). The van der Waals surface area contributed by atoms with Gasteiger partial charge in [0.05, 0.1) is 17.7 Å².